The largest absolute Gasteiger partial charge is 0.309 e. The number of hydrogen-bond acceptors (Lipinski definition) is 2. The van der Waals surface area contributed by atoms with Gasteiger partial charge in [-0.05, 0) is 54.6 Å². The lowest BCUT2D eigenvalue weighted by molar-refractivity contribution is 0.627. The maximum Gasteiger partial charge on any atom is 0.123 e. The molecule has 7 rings (SSSR count). The lowest BCUT2D eigenvalue weighted by Gasteiger charge is -2.12. The lowest BCUT2D eigenvalue weighted by atomic mass is 10.1. The third-order valence-corrected chi connectivity index (χ3v) is 7.06. The van der Waals surface area contributed by atoms with E-state index in [-0.39, 0.29) is 5.82 Å². The summed E-state index contributed by atoms with van der Waals surface area (Å²) in [5.74, 6) is -0.289. The molecule has 4 nitrogen and oxygen atoms in total. The fraction of sp³-hybridized carbons (Fsp3) is 0. The Labute approximate surface area is 211 Å². The Kier molecular flexibility index (Phi) is 4.42. The molecule has 0 unspecified atom stereocenters. The van der Waals surface area contributed by atoms with Gasteiger partial charge >= 0.3 is 0 Å². The third kappa shape index (κ3) is 2.86. The molecule has 5 heteroatoms. The van der Waals surface area contributed by atoms with Crippen molar-refractivity contribution in [3.63, 3.8) is 0 Å². The second-order valence-corrected chi connectivity index (χ2v) is 8.96. The number of aromatic nitrogens is 2. The normalized spacial score (nSPS) is 11.3. The van der Waals surface area contributed by atoms with Gasteiger partial charge in [0.1, 0.15) is 18.0 Å². The maximum atomic E-state index is 13.9. The van der Waals surface area contributed by atoms with E-state index in [1.807, 2.05) is 34.9 Å². The van der Waals surface area contributed by atoms with Gasteiger partial charge in [0, 0.05) is 27.2 Å². The van der Waals surface area contributed by atoms with E-state index in [1.165, 1.54) is 12.1 Å². The minimum absolute atomic E-state index is 0.289. The molecule has 0 N–H and O–H groups in total. The smallest absolute Gasteiger partial charge is 0.123 e. The van der Waals surface area contributed by atoms with Crippen LogP contribution in [0.3, 0.4) is 0 Å². The van der Waals surface area contributed by atoms with Gasteiger partial charge < -0.3 is 9.13 Å². The molecule has 0 radical (unpaired) electrons. The molecule has 0 aliphatic carbocycles. The summed E-state index contributed by atoms with van der Waals surface area (Å²) in [6, 6.07) is 36.7. The number of halogens is 1. The molecule has 37 heavy (non-hydrogen) atoms. The van der Waals surface area contributed by atoms with Crippen molar-refractivity contribution in [2.24, 2.45) is 0 Å². The minimum atomic E-state index is -0.289. The first-order chi connectivity index (χ1) is 18.2. The second kappa shape index (κ2) is 7.81. The van der Waals surface area contributed by atoms with Gasteiger partial charge in [0.05, 0.1) is 38.9 Å². The standard InChI is InChI=1S/C32H17FN4/c33-22-12-14-23(15-13-22)36-27-10-3-1-8-24(27)25-16-17-29-30(32(25)36)26-9-2-4-11-28(26)37(29)31-20(18-34)6-5-7-21(31)19-35/h1-17H. The molecule has 0 saturated carbocycles. The summed E-state index contributed by atoms with van der Waals surface area (Å²) < 4.78 is 18.1. The first kappa shape index (κ1) is 20.9. The number of rotatable bonds is 2. The molecular formula is C32H17FN4. The monoisotopic (exact) mass is 476 g/mol. The van der Waals surface area contributed by atoms with E-state index in [4.69, 9.17) is 0 Å². The fourth-order valence-corrected chi connectivity index (χ4v) is 5.57. The highest BCUT2D eigenvalue weighted by atomic mass is 19.1. The topological polar surface area (TPSA) is 57.4 Å². The van der Waals surface area contributed by atoms with Crippen molar-refractivity contribution in [3.05, 3.63) is 120 Å². The Bertz CT molecular complexity index is 2080. The van der Waals surface area contributed by atoms with Crippen LogP contribution in [-0.4, -0.2) is 9.13 Å². The number of fused-ring (bicyclic) bond motifs is 7. The van der Waals surface area contributed by atoms with Gasteiger partial charge in [-0.1, -0.05) is 48.5 Å². The highest BCUT2D eigenvalue weighted by molar-refractivity contribution is 6.26. The van der Waals surface area contributed by atoms with Gasteiger partial charge in [-0.3, -0.25) is 0 Å². The summed E-state index contributed by atoms with van der Waals surface area (Å²) in [5.41, 5.74) is 6.09. The Morgan fingerprint density at radius 1 is 0.541 bits per heavy atom. The third-order valence-electron chi connectivity index (χ3n) is 7.06. The fourth-order valence-electron chi connectivity index (χ4n) is 5.57. The number of para-hydroxylation sites is 3. The average molecular weight is 477 g/mol. The molecular weight excluding hydrogens is 459 g/mol. The van der Waals surface area contributed by atoms with E-state index in [0.717, 1.165) is 49.3 Å². The van der Waals surface area contributed by atoms with Crippen molar-refractivity contribution in [2.45, 2.75) is 0 Å². The van der Waals surface area contributed by atoms with E-state index in [0.29, 0.717) is 16.8 Å². The van der Waals surface area contributed by atoms with Crippen LogP contribution in [0.4, 0.5) is 4.39 Å². The highest BCUT2D eigenvalue weighted by Crippen LogP contribution is 2.42. The molecule has 5 aromatic carbocycles. The van der Waals surface area contributed by atoms with Crippen molar-refractivity contribution in [1.29, 1.82) is 10.5 Å². The minimum Gasteiger partial charge on any atom is -0.309 e. The number of nitrogens with zero attached hydrogens (tertiary/aromatic N) is 4. The van der Waals surface area contributed by atoms with E-state index in [1.54, 1.807) is 30.3 Å². The summed E-state index contributed by atoms with van der Waals surface area (Å²) >= 11 is 0. The molecule has 0 spiro atoms. The van der Waals surface area contributed by atoms with Crippen LogP contribution >= 0.6 is 0 Å². The predicted octanol–water partition coefficient (Wildman–Crippen LogP) is 7.76. The predicted molar refractivity (Wildman–Crippen MR) is 145 cm³/mol. The van der Waals surface area contributed by atoms with Crippen LogP contribution < -0.4 is 0 Å². The second-order valence-electron chi connectivity index (χ2n) is 8.96. The van der Waals surface area contributed by atoms with E-state index in [2.05, 4.69) is 47.0 Å². The molecule has 0 amide bonds. The Balaban J connectivity index is 1.76. The Morgan fingerprint density at radius 2 is 1.16 bits per heavy atom. The molecule has 0 aliphatic heterocycles. The van der Waals surface area contributed by atoms with E-state index >= 15 is 0 Å². The molecule has 2 heterocycles. The first-order valence-electron chi connectivity index (χ1n) is 11.9. The van der Waals surface area contributed by atoms with Crippen LogP contribution in [0.1, 0.15) is 11.1 Å². The molecule has 0 saturated heterocycles. The zero-order valence-electron chi connectivity index (χ0n) is 19.5. The molecule has 0 bridgehead atoms. The van der Waals surface area contributed by atoms with Gasteiger partial charge in [0.2, 0.25) is 0 Å². The quantitative estimate of drug-likeness (QED) is 0.256. The van der Waals surface area contributed by atoms with Crippen molar-refractivity contribution < 1.29 is 4.39 Å². The summed E-state index contributed by atoms with van der Waals surface area (Å²) in [6.07, 6.45) is 0. The summed E-state index contributed by atoms with van der Waals surface area (Å²) in [6.45, 7) is 0. The lowest BCUT2D eigenvalue weighted by Crippen LogP contribution is -2.01. The van der Waals surface area contributed by atoms with Crippen LogP contribution in [-0.2, 0) is 0 Å². The summed E-state index contributed by atoms with van der Waals surface area (Å²) in [7, 11) is 0. The molecule has 172 valence electrons. The highest BCUT2D eigenvalue weighted by Gasteiger charge is 2.22. The number of benzene rings is 5. The zero-order chi connectivity index (χ0) is 25.1. The molecule has 0 fully saturated rings. The van der Waals surface area contributed by atoms with Gasteiger partial charge in [-0.2, -0.15) is 10.5 Å². The van der Waals surface area contributed by atoms with Crippen LogP contribution in [0.2, 0.25) is 0 Å². The zero-order valence-corrected chi connectivity index (χ0v) is 19.5. The van der Waals surface area contributed by atoms with Crippen LogP contribution in [0.15, 0.2) is 103 Å². The molecule has 2 aromatic heterocycles. The summed E-state index contributed by atoms with van der Waals surface area (Å²) in [4.78, 5) is 0. The van der Waals surface area contributed by atoms with Crippen molar-refractivity contribution in [3.8, 4) is 23.5 Å². The van der Waals surface area contributed by atoms with Gasteiger partial charge in [0.15, 0.2) is 0 Å². The van der Waals surface area contributed by atoms with Crippen LogP contribution in [0.5, 0.6) is 0 Å². The van der Waals surface area contributed by atoms with Crippen molar-refractivity contribution in [2.75, 3.05) is 0 Å². The van der Waals surface area contributed by atoms with E-state index in [9.17, 15) is 14.9 Å². The van der Waals surface area contributed by atoms with Gasteiger partial charge in [0.25, 0.3) is 0 Å². The molecule has 0 atom stereocenters. The molecule has 7 aromatic rings. The number of hydrogen-bond donors (Lipinski definition) is 0. The SMILES string of the molecule is N#Cc1cccc(C#N)c1-n1c2ccccc2c2c1ccc1c3ccccc3n(-c3ccc(F)cc3)c12. The van der Waals surface area contributed by atoms with E-state index < -0.39 is 0 Å². The maximum absolute atomic E-state index is 13.9. The van der Waals surface area contributed by atoms with Crippen molar-refractivity contribution >= 4 is 43.6 Å². The summed E-state index contributed by atoms with van der Waals surface area (Å²) in [5, 5.41) is 24.1. The molecule has 0 aliphatic rings. The van der Waals surface area contributed by atoms with Crippen molar-refractivity contribution in [1.82, 2.24) is 9.13 Å². The van der Waals surface area contributed by atoms with Crippen LogP contribution in [0.25, 0.3) is 55.0 Å². The Morgan fingerprint density at radius 3 is 1.84 bits per heavy atom. The van der Waals surface area contributed by atoms with Crippen LogP contribution in [0, 0.1) is 28.5 Å². The van der Waals surface area contributed by atoms with Gasteiger partial charge in [-0.15, -0.1) is 0 Å². The van der Waals surface area contributed by atoms with Gasteiger partial charge in [-0.25, -0.2) is 4.39 Å². The number of nitriles is 2. The Hall–Kier alpha value is -5.39. The first-order valence-corrected chi connectivity index (χ1v) is 11.9. The average Bonchev–Trinajstić information content (AvgIpc) is 3.46.